The third-order valence-corrected chi connectivity index (χ3v) is 2.58. The summed E-state index contributed by atoms with van der Waals surface area (Å²) in [7, 11) is 0. The van der Waals surface area contributed by atoms with Crippen molar-refractivity contribution in [3.05, 3.63) is 30.1 Å². The van der Waals surface area contributed by atoms with Crippen LogP contribution in [0.2, 0.25) is 0 Å². The van der Waals surface area contributed by atoms with Gasteiger partial charge in [0.25, 0.3) is 0 Å². The normalized spacial score (nSPS) is 22.5. The van der Waals surface area contributed by atoms with E-state index in [1.54, 1.807) is 6.20 Å². The van der Waals surface area contributed by atoms with Gasteiger partial charge in [-0.25, -0.2) is 0 Å². The van der Waals surface area contributed by atoms with Crippen LogP contribution in [0, 0.1) is 0 Å². The summed E-state index contributed by atoms with van der Waals surface area (Å²) in [4.78, 5) is 17.1. The Morgan fingerprint density at radius 3 is 3.27 bits per heavy atom. The molecule has 1 fully saturated rings. The topological polar surface area (TPSA) is 45.2 Å². The number of pyridine rings is 1. The Hall–Kier alpha value is -1.26. The van der Waals surface area contributed by atoms with E-state index >= 15 is 0 Å². The van der Waals surface area contributed by atoms with E-state index < -0.39 is 0 Å². The summed E-state index contributed by atoms with van der Waals surface area (Å²) >= 11 is 0. The van der Waals surface area contributed by atoms with Crippen LogP contribution in [0.1, 0.15) is 5.69 Å². The first-order chi connectivity index (χ1) is 7.40. The van der Waals surface area contributed by atoms with Crippen molar-refractivity contribution in [3.8, 4) is 0 Å². The van der Waals surface area contributed by atoms with Crippen molar-refractivity contribution in [1.29, 1.82) is 0 Å². The molecule has 2 heterocycles. The van der Waals surface area contributed by atoms with E-state index in [-0.39, 0.29) is 6.04 Å². The quantitative estimate of drug-likeness (QED) is 0.750. The number of nitrogens with zero attached hydrogens (tertiary/aromatic N) is 2. The maximum atomic E-state index is 10.7. The minimum absolute atomic E-state index is 0.138. The lowest BCUT2D eigenvalue weighted by Crippen LogP contribution is -2.51. The van der Waals surface area contributed by atoms with Crippen LogP contribution < -0.4 is 5.32 Å². The SMILES string of the molecule is O=[C]C1CNCCN1Cc1ccccn1. The first-order valence-electron chi connectivity index (χ1n) is 5.12. The van der Waals surface area contributed by atoms with Gasteiger partial charge in [-0.15, -0.1) is 0 Å². The van der Waals surface area contributed by atoms with Gasteiger partial charge >= 0.3 is 0 Å². The highest BCUT2D eigenvalue weighted by molar-refractivity contribution is 5.59. The van der Waals surface area contributed by atoms with Crippen molar-refractivity contribution in [3.63, 3.8) is 0 Å². The maximum absolute atomic E-state index is 10.7. The molecule has 4 heteroatoms. The van der Waals surface area contributed by atoms with Crippen molar-refractivity contribution >= 4 is 6.29 Å². The highest BCUT2D eigenvalue weighted by atomic mass is 16.1. The molecule has 1 saturated heterocycles. The van der Waals surface area contributed by atoms with Crippen LogP contribution in [0.25, 0.3) is 0 Å². The first-order valence-corrected chi connectivity index (χ1v) is 5.12. The molecule has 1 atom stereocenters. The van der Waals surface area contributed by atoms with Crippen LogP contribution in [-0.2, 0) is 11.3 Å². The number of nitrogens with one attached hydrogen (secondary N) is 1. The Kier molecular flexibility index (Phi) is 3.42. The van der Waals surface area contributed by atoms with Gasteiger partial charge in [-0.05, 0) is 12.1 Å². The van der Waals surface area contributed by atoms with Gasteiger partial charge in [0.15, 0.2) is 0 Å². The zero-order valence-electron chi connectivity index (χ0n) is 8.52. The van der Waals surface area contributed by atoms with E-state index in [2.05, 4.69) is 21.5 Å². The Bertz CT molecular complexity index is 315. The van der Waals surface area contributed by atoms with E-state index in [1.807, 2.05) is 18.2 Å². The van der Waals surface area contributed by atoms with Gasteiger partial charge in [0.05, 0.1) is 11.7 Å². The van der Waals surface area contributed by atoms with Crippen LogP contribution in [0.3, 0.4) is 0 Å². The third-order valence-electron chi connectivity index (χ3n) is 2.58. The van der Waals surface area contributed by atoms with E-state index in [4.69, 9.17) is 0 Å². The molecule has 0 spiro atoms. The van der Waals surface area contributed by atoms with Gasteiger partial charge in [-0.2, -0.15) is 0 Å². The average molecular weight is 204 g/mol. The molecule has 0 bridgehead atoms. The van der Waals surface area contributed by atoms with Crippen molar-refractivity contribution in [2.75, 3.05) is 19.6 Å². The molecule has 1 N–H and O–H groups in total. The van der Waals surface area contributed by atoms with Gasteiger partial charge in [0.2, 0.25) is 6.29 Å². The monoisotopic (exact) mass is 204 g/mol. The van der Waals surface area contributed by atoms with Crippen LogP contribution in [0.5, 0.6) is 0 Å². The molecule has 1 radical (unpaired) electrons. The molecule has 1 aliphatic heterocycles. The van der Waals surface area contributed by atoms with Crippen molar-refractivity contribution in [2.24, 2.45) is 0 Å². The smallest absolute Gasteiger partial charge is 0.218 e. The average Bonchev–Trinajstić information content (AvgIpc) is 2.31. The summed E-state index contributed by atoms with van der Waals surface area (Å²) in [5.41, 5.74) is 1.000. The zero-order chi connectivity index (χ0) is 10.5. The Labute approximate surface area is 89.3 Å². The number of rotatable bonds is 3. The molecule has 0 amide bonds. The fourth-order valence-electron chi connectivity index (χ4n) is 1.75. The summed E-state index contributed by atoms with van der Waals surface area (Å²) in [5.74, 6) is 0. The van der Waals surface area contributed by atoms with Crippen LogP contribution in [-0.4, -0.2) is 41.8 Å². The Morgan fingerprint density at radius 1 is 1.60 bits per heavy atom. The van der Waals surface area contributed by atoms with E-state index in [1.165, 1.54) is 0 Å². The fraction of sp³-hybridized carbons (Fsp3) is 0.455. The highest BCUT2D eigenvalue weighted by Gasteiger charge is 2.22. The lowest BCUT2D eigenvalue weighted by atomic mass is 10.2. The van der Waals surface area contributed by atoms with Crippen molar-refractivity contribution < 1.29 is 4.79 Å². The molecule has 0 aliphatic carbocycles. The molecule has 2 rings (SSSR count). The summed E-state index contributed by atoms with van der Waals surface area (Å²) in [6, 6.07) is 5.69. The van der Waals surface area contributed by atoms with Gasteiger partial charge in [0, 0.05) is 32.4 Å². The van der Waals surface area contributed by atoms with Gasteiger partial charge < -0.3 is 5.32 Å². The standard InChI is InChI=1S/C11H14N3O/c15-9-11-7-12-5-6-14(11)8-10-3-1-2-4-13-10/h1-4,11-12H,5-8H2. The molecule has 0 saturated carbocycles. The first kappa shape index (κ1) is 10.3. The molecule has 0 aromatic carbocycles. The second kappa shape index (κ2) is 5.00. The minimum Gasteiger partial charge on any atom is -0.313 e. The summed E-state index contributed by atoms with van der Waals surface area (Å²) in [5, 5.41) is 3.18. The summed E-state index contributed by atoms with van der Waals surface area (Å²) in [6.45, 7) is 3.21. The number of hydrogen-bond donors (Lipinski definition) is 1. The number of carbonyl (C=O) groups excluding carboxylic acids is 1. The van der Waals surface area contributed by atoms with Crippen LogP contribution in [0.4, 0.5) is 0 Å². The van der Waals surface area contributed by atoms with Crippen LogP contribution >= 0.6 is 0 Å². The molecule has 15 heavy (non-hydrogen) atoms. The third kappa shape index (κ3) is 2.61. The lowest BCUT2D eigenvalue weighted by Gasteiger charge is -2.31. The van der Waals surface area contributed by atoms with Crippen molar-refractivity contribution in [1.82, 2.24) is 15.2 Å². The number of aromatic nitrogens is 1. The second-order valence-electron chi connectivity index (χ2n) is 3.63. The maximum Gasteiger partial charge on any atom is 0.218 e. The summed E-state index contributed by atoms with van der Waals surface area (Å²) in [6.07, 6.45) is 3.83. The predicted octanol–water partition coefficient (Wildman–Crippen LogP) is -0.0349. The zero-order valence-corrected chi connectivity index (χ0v) is 8.52. The van der Waals surface area contributed by atoms with Gasteiger partial charge in [0.1, 0.15) is 0 Å². The van der Waals surface area contributed by atoms with E-state index in [0.29, 0.717) is 6.54 Å². The Balaban J connectivity index is 2.00. The predicted molar refractivity (Wildman–Crippen MR) is 57.0 cm³/mol. The largest absolute Gasteiger partial charge is 0.313 e. The summed E-state index contributed by atoms with van der Waals surface area (Å²) < 4.78 is 0. The molecular formula is C11H14N3O. The molecule has 1 unspecified atom stereocenters. The number of hydrogen-bond acceptors (Lipinski definition) is 4. The Morgan fingerprint density at radius 2 is 2.53 bits per heavy atom. The molecule has 1 aliphatic rings. The molecular weight excluding hydrogens is 190 g/mol. The fourth-order valence-corrected chi connectivity index (χ4v) is 1.75. The van der Waals surface area contributed by atoms with E-state index in [0.717, 1.165) is 25.3 Å². The van der Waals surface area contributed by atoms with E-state index in [9.17, 15) is 4.79 Å². The van der Waals surface area contributed by atoms with Crippen molar-refractivity contribution in [2.45, 2.75) is 12.6 Å². The molecule has 79 valence electrons. The second-order valence-corrected chi connectivity index (χ2v) is 3.63. The molecule has 1 aromatic rings. The van der Waals surface area contributed by atoms with Crippen LogP contribution in [0.15, 0.2) is 24.4 Å². The molecule has 4 nitrogen and oxygen atoms in total. The number of piperazine rings is 1. The lowest BCUT2D eigenvalue weighted by molar-refractivity contribution is 0.191. The van der Waals surface area contributed by atoms with Gasteiger partial charge in [-0.1, -0.05) is 6.07 Å². The minimum atomic E-state index is -0.138. The highest BCUT2D eigenvalue weighted by Crippen LogP contribution is 2.06. The molecule has 1 aromatic heterocycles. The van der Waals surface area contributed by atoms with Gasteiger partial charge in [-0.3, -0.25) is 14.7 Å².